The second kappa shape index (κ2) is 15.7. The first kappa shape index (κ1) is 33.0. The van der Waals surface area contributed by atoms with Crippen molar-refractivity contribution in [1.29, 1.82) is 0 Å². The summed E-state index contributed by atoms with van der Waals surface area (Å²) in [4.78, 5) is 25.4. The zero-order valence-corrected chi connectivity index (χ0v) is 25.2. The van der Waals surface area contributed by atoms with E-state index in [-0.39, 0.29) is 36.0 Å². The highest BCUT2D eigenvalue weighted by atomic mass is 19.1. The fraction of sp³-hybridized carbons (Fsp3) is 0.656. The van der Waals surface area contributed by atoms with Gasteiger partial charge < -0.3 is 29.9 Å². The number of carbonyl (C=O) groups is 1. The Labute approximate surface area is 252 Å². The van der Waals surface area contributed by atoms with Crippen molar-refractivity contribution in [2.24, 2.45) is 11.8 Å². The van der Waals surface area contributed by atoms with Crippen LogP contribution in [0.25, 0.3) is 0 Å². The Kier molecular flexibility index (Phi) is 12.1. The number of rotatable bonds is 16. The number of hydrogen-bond acceptors (Lipinski definition) is 8. The maximum absolute atomic E-state index is 14.7. The molecule has 3 heterocycles. The second-order valence-corrected chi connectivity index (χ2v) is 12.2. The number of anilines is 1. The highest BCUT2D eigenvalue weighted by Crippen LogP contribution is 2.28. The third-order valence-corrected chi connectivity index (χ3v) is 8.75. The zero-order chi connectivity index (χ0) is 30.8. The Balaban J connectivity index is 1.13. The highest BCUT2D eigenvalue weighted by molar-refractivity contribution is 5.79. The van der Waals surface area contributed by atoms with Crippen molar-refractivity contribution < 1.29 is 33.6 Å². The highest BCUT2D eigenvalue weighted by Gasteiger charge is 2.32. The first-order chi connectivity index (χ1) is 20.7. The van der Waals surface area contributed by atoms with Gasteiger partial charge in [-0.1, -0.05) is 13.3 Å². The molecule has 11 heteroatoms. The monoisotopic (exact) mass is 604 g/mol. The Morgan fingerprint density at radius 1 is 1.02 bits per heavy atom. The minimum absolute atomic E-state index is 0.124. The van der Waals surface area contributed by atoms with Gasteiger partial charge in [0, 0.05) is 56.3 Å². The molecule has 3 N–H and O–H groups in total. The molecule has 2 saturated heterocycles. The van der Waals surface area contributed by atoms with Crippen molar-refractivity contribution in [3.63, 3.8) is 0 Å². The SMILES string of the molecule is CCCc1cnc(N2CCC(CCCOc3cc(F)c(CC(=O)N4CC(CCCC(O)(CO)CO)C4)c(F)c3)CC2)nc1. The second-order valence-electron chi connectivity index (χ2n) is 12.2. The Morgan fingerprint density at radius 3 is 2.26 bits per heavy atom. The number of likely N-dealkylation sites (tertiary alicyclic amines) is 1. The van der Waals surface area contributed by atoms with E-state index in [0.29, 0.717) is 32.0 Å². The molecule has 2 aromatic rings. The summed E-state index contributed by atoms with van der Waals surface area (Å²) >= 11 is 0. The molecule has 0 atom stereocenters. The van der Waals surface area contributed by atoms with Gasteiger partial charge >= 0.3 is 0 Å². The molecule has 2 aliphatic rings. The molecule has 0 saturated carbocycles. The van der Waals surface area contributed by atoms with Gasteiger partial charge in [0.05, 0.1) is 26.2 Å². The van der Waals surface area contributed by atoms with E-state index in [1.165, 1.54) is 0 Å². The van der Waals surface area contributed by atoms with Crippen LogP contribution in [0.15, 0.2) is 24.5 Å². The van der Waals surface area contributed by atoms with Gasteiger partial charge in [0.2, 0.25) is 11.9 Å². The van der Waals surface area contributed by atoms with Gasteiger partial charge in [0.15, 0.2) is 0 Å². The fourth-order valence-electron chi connectivity index (χ4n) is 5.89. The molecule has 0 bridgehead atoms. The number of carbonyl (C=O) groups excluding carboxylic acids is 1. The maximum Gasteiger partial charge on any atom is 0.227 e. The van der Waals surface area contributed by atoms with Crippen LogP contribution in [0.4, 0.5) is 14.7 Å². The molecule has 4 rings (SSSR count). The molecule has 0 aliphatic carbocycles. The lowest BCUT2D eigenvalue weighted by Crippen LogP contribution is -2.50. The average Bonchev–Trinajstić information content (AvgIpc) is 2.99. The number of nitrogens with zero attached hydrogens (tertiary/aromatic N) is 4. The summed E-state index contributed by atoms with van der Waals surface area (Å²) in [6, 6.07) is 2.30. The van der Waals surface area contributed by atoms with Crippen molar-refractivity contribution in [2.75, 3.05) is 50.9 Å². The Morgan fingerprint density at radius 2 is 1.65 bits per heavy atom. The van der Waals surface area contributed by atoms with Crippen LogP contribution in [0.2, 0.25) is 0 Å². The number of aryl methyl sites for hydroxylation is 1. The first-order valence-corrected chi connectivity index (χ1v) is 15.6. The van der Waals surface area contributed by atoms with Gasteiger partial charge in [0.25, 0.3) is 0 Å². The molecule has 1 aromatic carbocycles. The topological polar surface area (TPSA) is 119 Å². The van der Waals surface area contributed by atoms with Gasteiger partial charge in [-0.05, 0) is 68.8 Å². The molecule has 0 unspecified atom stereocenters. The minimum atomic E-state index is -1.49. The van der Waals surface area contributed by atoms with E-state index in [1.54, 1.807) is 4.90 Å². The molecular weight excluding hydrogens is 558 g/mol. The molecule has 2 fully saturated rings. The number of benzene rings is 1. The summed E-state index contributed by atoms with van der Waals surface area (Å²) in [5.74, 6) is -0.216. The van der Waals surface area contributed by atoms with Crippen LogP contribution < -0.4 is 9.64 Å². The summed E-state index contributed by atoms with van der Waals surface area (Å²) in [6.45, 7) is 4.27. The molecule has 9 nitrogen and oxygen atoms in total. The van der Waals surface area contributed by atoms with E-state index < -0.39 is 30.4 Å². The largest absolute Gasteiger partial charge is 0.493 e. The molecule has 238 valence electrons. The lowest BCUT2D eigenvalue weighted by atomic mass is 9.90. The zero-order valence-electron chi connectivity index (χ0n) is 25.2. The number of ether oxygens (including phenoxy) is 1. The van der Waals surface area contributed by atoms with Gasteiger partial charge in [-0.15, -0.1) is 0 Å². The molecule has 0 radical (unpaired) electrons. The van der Waals surface area contributed by atoms with E-state index in [9.17, 15) is 18.7 Å². The van der Waals surface area contributed by atoms with Crippen LogP contribution in [0, 0.1) is 23.5 Å². The smallest absolute Gasteiger partial charge is 0.227 e. The number of hydrogen-bond donors (Lipinski definition) is 3. The van der Waals surface area contributed by atoms with Gasteiger partial charge in [-0.3, -0.25) is 4.79 Å². The number of aromatic nitrogens is 2. The quantitative estimate of drug-likeness (QED) is 0.249. The summed E-state index contributed by atoms with van der Waals surface area (Å²) in [5.41, 5.74) is -0.582. The lowest BCUT2D eigenvalue weighted by molar-refractivity contribution is -0.137. The molecule has 0 spiro atoms. The van der Waals surface area contributed by atoms with E-state index in [4.69, 9.17) is 14.9 Å². The lowest BCUT2D eigenvalue weighted by Gasteiger charge is -2.40. The van der Waals surface area contributed by atoms with Crippen molar-refractivity contribution in [1.82, 2.24) is 14.9 Å². The minimum Gasteiger partial charge on any atom is -0.493 e. The third-order valence-electron chi connectivity index (χ3n) is 8.75. The predicted octanol–water partition coefficient (Wildman–Crippen LogP) is 3.67. The van der Waals surface area contributed by atoms with Crippen molar-refractivity contribution in [3.8, 4) is 5.75 Å². The number of aliphatic hydroxyl groups excluding tert-OH is 2. The predicted molar refractivity (Wildman–Crippen MR) is 159 cm³/mol. The number of halogens is 2. The van der Waals surface area contributed by atoms with Crippen LogP contribution in [0.1, 0.15) is 69.4 Å². The van der Waals surface area contributed by atoms with E-state index in [2.05, 4.69) is 21.8 Å². The molecule has 2 aliphatic heterocycles. The third kappa shape index (κ3) is 9.30. The summed E-state index contributed by atoms with van der Waals surface area (Å²) < 4.78 is 35.1. The van der Waals surface area contributed by atoms with Crippen molar-refractivity contribution in [3.05, 3.63) is 47.3 Å². The van der Waals surface area contributed by atoms with Crippen molar-refractivity contribution >= 4 is 11.9 Å². The average molecular weight is 605 g/mol. The van der Waals surface area contributed by atoms with Gasteiger partial charge in [-0.2, -0.15) is 0 Å². The Bertz CT molecular complexity index is 1140. The summed E-state index contributed by atoms with van der Waals surface area (Å²) in [6.07, 6.45) is 11.0. The number of aliphatic hydroxyl groups is 3. The van der Waals surface area contributed by atoms with Crippen LogP contribution >= 0.6 is 0 Å². The van der Waals surface area contributed by atoms with Crippen LogP contribution in [0.3, 0.4) is 0 Å². The maximum atomic E-state index is 14.7. The molecular formula is C32H46F2N4O5. The standard InChI is InChI=1S/C32H46F2N4O5/c1-2-5-24-17-35-31(36-18-24)37-11-8-23(9-12-37)7-4-13-43-26-14-28(33)27(29(34)15-26)16-30(41)38-19-25(20-38)6-3-10-32(42,21-39)22-40/h14-15,17-18,23,25,39-40,42H,2-13,16,19-22H2,1H3. The normalized spacial score (nSPS) is 16.4. The van der Waals surface area contributed by atoms with Crippen LogP contribution in [0.5, 0.6) is 5.75 Å². The van der Waals surface area contributed by atoms with E-state index in [0.717, 1.165) is 81.7 Å². The van der Waals surface area contributed by atoms with Crippen LogP contribution in [-0.4, -0.2) is 87.7 Å². The van der Waals surface area contributed by atoms with Crippen LogP contribution in [-0.2, 0) is 17.6 Å². The van der Waals surface area contributed by atoms with Crippen molar-refractivity contribution in [2.45, 2.75) is 76.7 Å². The summed E-state index contributed by atoms with van der Waals surface area (Å²) in [7, 11) is 0. The summed E-state index contributed by atoms with van der Waals surface area (Å²) in [5, 5.41) is 28.2. The number of piperidine rings is 1. The van der Waals surface area contributed by atoms with E-state index in [1.807, 2.05) is 12.4 Å². The molecule has 43 heavy (non-hydrogen) atoms. The Hall–Kier alpha value is -2.89. The molecule has 1 amide bonds. The first-order valence-electron chi connectivity index (χ1n) is 15.6. The van der Waals surface area contributed by atoms with Gasteiger partial charge in [0.1, 0.15) is 23.0 Å². The fourth-order valence-corrected chi connectivity index (χ4v) is 5.89. The van der Waals surface area contributed by atoms with Gasteiger partial charge in [-0.25, -0.2) is 18.7 Å². The van der Waals surface area contributed by atoms with E-state index >= 15 is 0 Å². The number of amides is 1. The molecule has 1 aromatic heterocycles.